The number of aromatic hydroxyl groups is 1. The topological polar surface area (TPSA) is 46.5 Å². The van der Waals surface area contributed by atoms with E-state index in [0.717, 1.165) is 0 Å². The van der Waals surface area contributed by atoms with Crippen LogP contribution in [0.1, 0.15) is 17.9 Å². The lowest BCUT2D eigenvalue weighted by atomic mass is 10.2. The van der Waals surface area contributed by atoms with Crippen LogP contribution in [0.4, 0.5) is 0 Å². The Morgan fingerprint density at radius 1 is 1.57 bits per heavy atom. The van der Waals surface area contributed by atoms with Gasteiger partial charge in [0.25, 0.3) is 0 Å². The third kappa shape index (κ3) is 2.81. The molecule has 0 aliphatic carbocycles. The van der Waals surface area contributed by atoms with Crippen molar-refractivity contribution < 1.29 is 14.2 Å². The van der Waals surface area contributed by atoms with Crippen molar-refractivity contribution in [1.29, 1.82) is 0 Å². The first kappa shape index (κ1) is 11.7. The molecule has 14 heavy (non-hydrogen) atoms. The van der Waals surface area contributed by atoms with E-state index in [0.29, 0.717) is 12.2 Å². The van der Waals surface area contributed by atoms with E-state index >= 15 is 0 Å². The molecule has 1 aromatic rings. The Morgan fingerprint density at radius 3 is 2.79 bits per heavy atom. The highest BCUT2D eigenvalue weighted by molar-refractivity contribution is 7.50. The van der Waals surface area contributed by atoms with Crippen molar-refractivity contribution in [3.63, 3.8) is 0 Å². The first-order valence-corrected chi connectivity index (χ1v) is 6.43. The van der Waals surface area contributed by atoms with Gasteiger partial charge >= 0.3 is 0 Å². The fourth-order valence-corrected chi connectivity index (χ4v) is 2.64. The van der Waals surface area contributed by atoms with Crippen molar-refractivity contribution in [2.45, 2.75) is 12.3 Å². The first-order chi connectivity index (χ1) is 6.66. The normalized spacial score (nSPS) is 15.0. The van der Waals surface area contributed by atoms with Crippen LogP contribution in [0.3, 0.4) is 0 Å². The minimum Gasteiger partial charge on any atom is -0.508 e. The van der Waals surface area contributed by atoms with Gasteiger partial charge in [-0.2, -0.15) is 0 Å². The van der Waals surface area contributed by atoms with Crippen LogP contribution in [0.25, 0.3) is 0 Å². The molecule has 3 nitrogen and oxygen atoms in total. The van der Waals surface area contributed by atoms with Gasteiger partial charge in [-0.25, -0.2) is 0 Å². The van der Waals surface area contributed by atoms with Crippen LogP contribution in [0, 0.1) is 0 Å². The zero-order chi connectivity index (χ0) is 10.6. The molecule has 0 aliphatic rings. The summed E-state index contributed by atoms with van der Waals surface area (Å²) >= 11 is 0. The Kier molecular flexibility index (Phi) is 4.60. The van der Waals surface area contributed by atoms with Gasteiger partial charge in [0.15, 0.2) is 0 Å². The fraction of sp³-hybridized carbons (Fsp3) is 0.333. The van der Waals surface area contributed by atoms with Crippen LogP contribution in [-0.2, 0) is 9.09 Å². The van der Waals surface area contributed by atoms with Crippen molar-refractivity contribution in [3.05, 3.63) is 29.8 Å². The third-order valence-electron chi connectivity index (χ3n) is 1.81. The predicted octanol–water partition coefficient (Wildman–Crippen LogP) is 2.78. The molecule has 0 aromatic heterocycles. The summed E-state index contributed by atoms with van der Waals surface area (Å²) in [6.07, 6.45) is 0. The Balaban J connectivity index is 2.84. The summed E-state index contributed by atoms with van der Waals surface area (Å²) < 4.78 is 16.6. The lowest BCUT2D eigenvalue weighted by molar-refractivity contribution is 0.348. The van der Waals surface area contributed by atoms with E-state index in [1.165, 1.54) is 0 Å². The summed E-state index contributed by atoms with van der Waals surface area (Å²) in [5.74, 6) is 0.158. The summed E-state index contributed by atoms with van der Waals surface area (Å²) in [5, 5.41) is 9.19. The van der Waals surface area contributed by atoms with Gasteiger partial charge in [-0.15, -0.1) is 9.24 Å². The second-order valence-electron chi connectivity index (χ2n) is 2.79. The predicted molar refractivity (Wildman–Crippen MR) is 61.2 cm³/mol. The number of rotatable bonds is 4. The van der Waals surface area contributed by atoms with E-state index in [9.17, 15) is 9.67 Å². The Morgan fingerprint density at radius 2 is 2.21 bits per heavy atom. The van der Waals surface area contributed by atoms with Crippen LogP contribution in [0.15, 0.2) is 24.3 Å². The molecule has 0 saturated heterocycles. The van der Waals surface area contributed by atoms with Gasteiger partial charge in [0.2, 0.25) is 8.03 Å². The van der Waals surface area contributed by atoms with E-state index in [1.54, 1.807) is 31.2 Å². The van der Waals surface area contributed by atoms with Gasteiger partial charge < -0.3 is 9.63 Å². The molecule has 0 bridgehead atoms. The highest BCUT2D eigenvalue weighted by atomic mass is 31.1. The van der Waals surface area contributed by atoms with Crippen molar-refractivity contribution in [2.75, 3.05) is 6.61 Å². The molecule has 78 valence electrons. The van der Waals surface area contributed by atoms with Gasteiger partial charge in [-0.05, 0) is 13.0 Å². The fourth-order valence-electron chi connectivity index (χ4n) is 1.11. The molecular formula is C9H14O3P2. The van der Waals surface area contributed by atoms with E-state index in [1.807, 2.05) is 0 Å². The molecule has 5 heteroatoms. The molecule has 0 spiro atoms. The molecule has 1 unspecified atom stereocenters. The molecule has 1 rings (SSSR count). The lowest BCUT2D eigenvalue weighted by Gasteiger charge is -2.12. The first-order valence-electron chi connectivity index (χ1n) is 4.37. The molecule has 0 heterocycles. The van der Waals surface area contributed by atoms with Crippen molar-refractivity contribution >= 4 is 17.3 Å². The quantitative estimate of drug-likeness (QED) is 0.812. The van der Waals surface area contributed by atoms with Crippen LogP contribution in [-0.4, -0.2) is 11.7 Å². The standard InChI is InChI=1S/C9H14O3P2/c1-2-12-14(11)9(13)7-5-3-4-6-8(7)10/h3-6,9-10,14H,2,13H2,1H3/t9-/m1/s1. The third-order valence-corrected chi connectivity index (χ3v) is 4.38. The average molecular weight is 232 g/mol. The van der Waals surface area contributed by atoms with Crippen LogP contribution < -0.4 is 0 Å². The highest BCUT2D eigenvalue weighted by Gasteiger charge is 2.16. The molecule has 0 fully saturated rings. The average Bonchev–Trinajstić information content (AvgIpc) is 2.18. The number of hydrogen-bond acceptors (Lipinski definition) is 3. The van der Waals surface area contributed by atoms with Crippen molar-refractivity contribution in [3.8, 4) is 5.75 Å². The highest BCUT2D eigenvalue weighted by Crippen LogP contribution is 2.49. The number of hydrogen-bond donors (Lipinski definition) is 1. The van der Waals surface area contributed by atoms with Gasteiger partial charge in [0, 0.05) is 5.56 Å². The maximum Gasteiger partial charge on any atom is 0.202 e. The van der Waals surface area contributed by atoms with E-state index in [-0.39, 0.29) is 11.1 Å². The second-order valence-corrected chi connectivity index (χ2v) is 5.67. The molecule has 1 N–H and O–H groups in total. The SMILES string of the molecule is CCO[P@H](=O)[C@@H](P)c1ccccc1O. The van der Waals surface area contributed by atoms with Crippen LogP contribution in [0.2, 0.25) is 0 Å². The van der Waals surface area contributed by atoms with Gasteiger partial charge in [-0.3, -0.25) is 4.57 Å². The molecule has 0 amide bonds. The van der Waals surface area contributed by atoms with Crippen LogP contribution in [0.5, 0.6) is 5.75 Å². The number of benzene rings is 1. The van der Waals surface area contributed by atoms with E-state index in [4.69, 9.17) is 4.52 Å². The van der Waals surface area contributed by atoms with Gasteiger partial charge in [0.1, 0.15) is 5.75 Å². The molecule has 0 aliphatic heterocycles. The summed E-state index contributed by atoms with van der Waals surface area (Å²) in [5.41, 5.74) is 0.648. The zero-order valence-electron chi connectivity index (χ0n) is 7.93. The summed E-state index contributed by atoms with van der Waals surface area (Å²) in [4.78, 5) is 0. The minimum absolute atomic E-state index is 0.158. The van der Waals surface area contributed by atoms with E-state index < -0.39 is 8.03 Å². The molecule has 1 aromatic carbocycles. The largest absolute Gasteiger partial charge is 0.508 e. The maximum atomic E-state index is 11.5. The molecule has 0 radical (unpaired) electrons. The Bertz CT molecular complexity index is 328. The van der Waals surface area contributed by atoms with Gasteiger partial charge in [-0.1, -0.05) is 18.2 Å². The molecular weight excluding hydrogens is 218 g/mol. The Labute approximate surface area is 86.6 Å². The van der Waals surface area contributed by atoms with Crippen LogP contribution >= 0.6 is 17.3 Å². The zero-order valence-corrected chi connectivity index (χ0v) is 10.1. The molecule has 0 saturated carbocycles. The van der Waals surface area contributed by atoms with E-state index in [2.05, 4.69) is 9.24 Å². The molecule has 3 atom stereocenters. The lowest BCUT2D eigenvalue weighted by Crippen LogP contribution is -1.88. The number of para-hydroxylation sites is 1. The smallest absolute Gasteiger partial charge is 0.202 e. The van der Waals surface area contributed by atoms with Gasteiger partial charge in [0.05, 0.1) is 12.0 Å². The minimum atomic E-state index is -2.14. The van der Waals surface area contributed by atoms with Crippen molar-refractivity contribution in [2.24, 2.45) is 0 Å². The Hall–Kier alpha value is -0.360. The summed E-state index contributed by atoms with van der Waals surface area (Å²) in [6, 6.07) is 6.85. The monoisotopic (exact) mass is 232 g/mol. The number of phenolic OH excluding ortho intramolecular Hbond substituents is 1. The number of phenols is 1. The summed E-state index contributed by atoms with van der Waals surface area (Å²) in [6.45, 7) is 2.22. The maximum absolute atomic E-state index is 11.5. The summed E-state index contributed by atoms with van der Waals surface area (Å²) in [7, 11) is 0.304. The second kappa shape index (κ2) is 5.50. The van der Waals surface area contributed by atoms with Crippen molar-refractivity contribution in [1.82, 2.24) is 0 Å².